The molecule has 2 aromatic rings. The molecule has 0 atom stereocenters. The first kappa shape index (κ1) is 11.8. The van der Waals surface area contributed by atoms with Gasteiger partial charge in [-0.2, -0.15) is 5.26 Å². The van der Waals surface area contributed by atoms with Gasteiger partial charge in [-0.15, -0.1) is 0 Å². The maximum absolute atomic E-state index is 8.60. The number of benzene rings is 1. The second-order valence-corrected chi connectivity index (χ2v) is 4.60. The number of aromatic nitrogens is 2. The van der Waals surface area contributed by atoms with E-state index in [9.17, 15) is 0 Å². The summed E-state index contributed by atoms with van der Waals surface area (Å²) in [6, 6.07) is 8.03. The van der Waals surface area contributed by atoms with E-state index in [1.165, 1.54) is 0 Å². The zero-order chi connectivity index (χ0) is 12.3. The van der Waals surface area contributed by atoms with Crippen LogP contribution < -0.4 is 4.90 Å². The molecule has 1 aromatic heterocycles. The number of rotatable bonds is 3. The maximum atomic E-state index is 8.60. The Balaban J connectivity index is 2.46. The summed E-state index contributed by atoms with van der Waals surface area (Å²) in [5, 5.41) is 9.59. The lowest BCUT2D eigenvalue weighted by atomic mass is 10.2. The number of hydrogen-bond acceptors (Lipinski definition) is 4. The Morgan fingerprint density at radius 2 is 2.24 bits per heavy atom. The van der Waals surface area contributed by atoms with Gasteiger partial charge < -0.3 is 4.90 Å². The summed E-state index contributed by atoms with van der Waals surface area (Å²) in [6.45, 7) is 0.662. The Bertz CT molecular complexity index is 576. The Labute approximate surface area is 108 Å². The number of hydrogen-bond donors (Lipinski definition) is 0. The number of fused-ring (bicyclic) bond motifs is 1. The Kier molecular flexibility index (Phi) is 3.55. The number of nitriles is 1. The van der Waals surface area contributed by atoms with Crippen LogP contribution in [0.4, 0.5) is 5.82 Å². The molecule has 2 rings (SSSR count). The van der Waals surface area contributed by atoms with Gasteiger partial charge in [0.15, 0.2) is 0 Å². The Morgan fingerprint density at radius 3 is 3.00 bits per heavy atom. The predicted octanol–water partition coefficient (Wildman–Crippen LogP) is 2.74. The molecule has 0 fully saturated rings. The fraction of sp³-hybridized carbons (Fsp3) is 0.250. The molecule has 0 spiro atoms. The molecule has 0 radical (unpaired) electrons. The first-order valence-corrected chi connectivity index (χ1v) is 6.00. The molecule has 0 amide bonds. The Morgan fingerprint density at radius 1 is 1.41 bits per heavy atom. The molecule has 1 aromatic carbocycles. The van der Waals surface area contributed by atoms with E-state index in [0.717, 1.165) is 21.2 Å². The van der Waals surface area contributed by atoms with Crippen LogP contribution in [0.3, 0.4) is 0 Å². The van der Waals surface area contributed by atoms with Crippen LogP contribution in [-0.2, 0) is 0 Å². The maximum Gasteiger partial charge on any atom is 0.139 e. The predicted molar refractivity (Wildman–Crippen MR) is 70.7 cm³/mol. The smallest absolute Gasteiger partial charge is 0.139 e. The van der Waals surface area contributed by atoms with Gasteiger partial charge in [-0.05, 0) is 18.2 Å². The van der Waals surface area contributed by atoms with E-state index >= 15 is 0 Å². The van der Waals surface area contributed by atoms with Crippen molar-refractivity contribution in [3.05, 3.63) is 29.0 Å². The van der Waals surface area contributed by atoms with Crippen molar-refractivity contribution in [2.24, 2.45) is 0 Å². The van der Waals surface area contributed by atoms with Gasteiger partial charge in [0.05, 0.1) is 18.0 Å². The van der Waals surface area contributed by atoms with Crippen molar-refractivity contribution < 1.29 is 0 Å². The molecule has 4 nitrogen and oxygen atoms in total. The van der Waals surface area contributed by atoms with Crippen LogP contribution in [0.25, 0.3) is 10.9 Å². The molecule has 1 heterocycles. The molecule has 0 aliphatic carbocycles. The van der Waals surface area contributed by atoms with Crippen molar-refractivity contribution in [3.63, 3.8) is 0 Å². The van der Waals surface area contributed by atoms with Crippen molar-refractivity contribution in [3.8, 4) is 6.07 Å². The van der Waals surface area contributed by atoms with Gasteiger partial charge in [0.25, 0.3) is 0 Å². The molecular formula is C12H11BrN4. The summed E-state index contributed by atoms with van der Waals surface area (Å²) >= 11 is 3.44. The topological polar surface area (TPSA) is 52.8 Å². The second kappa shape index (κ2) is 5.11. The Hall–Kier alpha value is -1.67. The average Bonchev–Trinajstić information content (AvgIpc) is 2.35. The van der Waals surface area contributed by atoms with Crippen molar-refractivity contribution in [2.75, 3.05) is 18.5 Å². The van der Waals surface area contributed by atoms with Crippen LogP contribution in [0.2, 0.25) is 0 Å². The van der Waals surface area contributed by atoms with E-state index in [1.807, 2.05) is 30.1 Å². The second-order valence-electron chi connectivity index (χ2n) is 3.69. The van der Waals surface area contributed by atoms with Gasteiger partial charge in [0.2, 0.25) is 0 Å². The van der Waals surface area contributed by atoms with Gasteiger partial charge in [0, 0.05) is 23.5 Å². The van der Waals surface area contributed by atoms with Crippen LogP contribution in [-0.4, -0.2) is 23.6 Å². The molecular weight excluding hydrogens is 280 g/mol. The fourth-order valence-electron chi connectivity index (χ4n) is 1.64. The van der Waals surface area contributed by atoms with Crippen LogP contribution in [0.15, 0.2) is 29.0 Å². The first-order chi connectivity index (χ1) is 8.22. The van der Waals surface area contributed by atoms with Crippen LogP contribution in [0.1, 0.15) is 6.42 Å². The summed E-state index contributed by atoms with van der Waals surface area (Å²) in [6.07, 6.45) is 2.03. The van der Waals surface area contributed by atoms with E-state index in [-0.39, 0.29) is 0 Å². The van der Waals surface area contributed by atoms with Crippen molar-refractivity contribution >= 4 is 32.7 Å². The minimum absolute atomic E-state index is 0.482. The highest BCUT2D eigenvalue weighted by Gasteiger charge is 2.08. The monoisotopic (exact) mass is 290 g/mol. The lowest BCUT2D eigenvalue weighted by Crippen LogP contribution is -2.19. The molecule has 86 valence electrons. The highest BCUT2D eigenvalue weighted by atomic mass is 79.9. The molecule has 5 heteroatoms. The van der Waals surface area contributed by atoms with E-state index in [4.69, 9.17) is 5.26 Å². The fourth-order valence-corrected chi connectivity index (χ4v) is 2.00. The lowest BCUT2D eigenvalue weighted by molar-refractivity contribution is 0.887. The van der Waals surface area contributed by atoms with E-state index in [0.29, 0.717) is 13.0 Å². The summed E-state index contributed by atoms with van der Waals surface area (Å²) in [5.74, 6) is 0.853. The highest BCUT2D eigenvalue weighted by molar-refractivity contribution is 9.10. The van der Waals surface area contributed by atoms with Crippen molar-refractivity contribution in [1.29, 1.82) is 5.26 Å². The number of anilines is 1. The van der Waals surface area contributed by atoms with Gasteiger partial charge in [-0.1, -0.05) is 15.9 Å². The molecule has 0 bridgehead atoms. The molecule has 0 N–H and O–H groups in total. The van der Waals surface area contributed by atoms with Gasteiger partial charge in [-0.3, -0.25) is 0 Å². The normalized spacial score (nSPS) is 10.2. The quantitative estimate of drug-likeness (QED) is 0.872. The molecule has 0 aliphatic heterocycles. The largest absolute Gasteiger partial charge is 0.358 e. The van der Waals surface area contributed by atoms with Gasteiger partial charge in [0.1, 0.15) is 12.1 Å². The van der Waals surface area contributed by atoms with E-state index in [2.05, 4.69) is 32.0 Å². The average molecular weight is 291 g/mol. The third kappa shape index (κ3) is 2.53. The number of nitrogens with zero attached hydrogens (tertiary/aromatic N) is 4. The molecule has 0 aliphatic rings. The van der Waals surface area contributed by atoms with E-state index in [1.54, 1.807) is 6.33 Å². The third-order valence-electron chi connectivity index (χ3n) is 2.50. The van der Waals surface area contributed by atoms with Crippen molar-refractivity contribution in [1.82, 2.24) is 9.97 Å². The molecule has 0 saturated carbocycles. The minimum atomic E-state index is 0.482. The molecule has 0 unspecified atom stereocenters. The first-order valence-electron chi connectivity index (χ1n) is 5.20. The van der Waals surface area contributed by atoms with Gasteiger partial charge >= 0.3 is 0 Å². The van der Waals surface area contributed by atoms with Crippen LogP contribution in [0, 0.1) is 11.3 Å². The van der Waals surface area contributed by atoms with Crippen LogP contribution >= 0.6 is 15.9 Å². The minimum Gasteiger partial charge on any atom is -0.358 e. The zero-order valence-electron chi connectivity index (χ0n) is 9.39. The summed E-state index contributed by atoms with van der Waals surface area (Å²) in [7, 11) is 1.93. The van der Waals surface area contributed by atoms with Crippen molar-refractivity contribution in [2.45, 2.75) is 6.42 Å². The van der Waals surface area contributed by atoms with Gasteiger partial charge in [-0.25, -0.2) is 9.97 Å². The SMILES string of the molecule is CN(CCC#N)c1ncnc2ccc(Br)cc12. The van der Waals surface area contributed by atoms with Crippen LogP contribution in [0.5, 0.6) is 0 Å². The summed E-state index contributed by atoms with van der Waals surface area (Å²) < 4.78 is 0.995. The van der Waals surface area contributed by atoms with E-state index < -0.39 is 0 Å². The zero-order valence-corrected chi connectivity index (χ0v) is 11.0. The third-order valence-corrected chi connectivity index (χ3v) is 2.99. The summed E-state index contributed by atoms with van der Waals surface area (Å²) in [4.78, 5) is 10.5. The summed E-state index contributed by atoms with van der Waals surface area (Å²) in [5.41, 5.74) is 0.905. The molecule has 0 saturated heterocycles. The standard InChI is InChI=1S/C12H11BrN4/c1-17(6-2-5-14)12-10-7-9(13)3-4-11(10)15-8-16-12/h3-4,7-8H,2,6H2,1H3. The highest BCUT2D eigenvalue weighted by Crippen LogP contribution is 2.25. The molecule has 17 heavy (non-hydrogen) atoms. The lowest BCUT2D eigenvalue weighted by Gasteiger charge is -2.18. The number of halogens is 1.